The zero-order chi connectivity index (χ0) is 17.9. The molecule has 0 amide bonds. The Kier molecular flexibility index (Phi) is 5.05. The zero-order valence-electron chi connectivity index (χ0n) is 15.7. The second-order valence-electron chi connectivity index (χ2n) is 7.41. The van der Waals surface area contributed by atoms with Crippen molar-refractivity contribution in [3.05, 3.63) is 71.3 Å². The summed E-state index contributed by atoms with van der Waals surface area (Å²) >= 11 is 0. The van der Waals surface area contributed by atoms with Crippen molar-refractivity contribution in [2.24, 2.45) is 0 Å². The summed E-state index contributed by atoms with van der Waals surface area (Å²) in [6.07, 6.45) is 2.57. The highest BCUT2D eigenvalue weighted by Crippen LogP contribution is 2.33. The largest absolute Gasteiger partial charge is 0.380 e. The van der Waals surface area contributed by atoms with E-state index in [4.69, 9.17) is 4.74 Å². The number of benzene rings is 3. The highest BCUT2D eigenvalue weighted by Gasteiger charge is 2.17. The van der Waals surface area contributed by atoms with Gasteiger partial charge in [-0.25, -0.2) is 0 Å². The van der Waals surface area contributed by atoms with Crippen molar-refractivity contribution in [1.82, 2.24) is 5.32 Å². The van der Waals surface area contributed by atoms with E-state index in [-0.39, 0.29) is 0 Å². The summed E-state index contributed by atoms with van der Waals surface area (Å²) in [5, 5.41) is 6.12. The molecule has 3 aromatic carbocycles. The van der Waals surface area contributed by atoms with Crippen molar-refractivity contribution in [2.45, 2.75) is 32.3 Å². The molecule has 1 aliphatic heterocycles. The van der Waals surface area contributed by atoms with E-state index in [2.05, 4.69) is 66.8 Å². The molecule has 26 heavy (non-hydrogen) atoms. The van der Waals surface area contributed by atoms with Crippen LogP contribution in [0.5, 0.6) is 0 Å². The molecule has 1 heterocycles. The van der Waals surface area contributed by atoms with Gasteiger partial charge in [0.25, 0.3) is 0 Å². The van der Waals surface area contributed by atoms with Gasteiger partial charge in [-0.1, -0.05) is 48.5 Å². The van der Waals surface area contributed by atoms with Crippen LogP contribution in [0.25, 0.3) is 21.9 Å². The summed E-state index contributed by atoms with van der Waals surface area (Å²) in [7, 11) is 1.75. The lowest BCUT2D eigenvalue weighted by molar-refractivity contribution is 0.185. The van der Waals surface area contributed by atoms with Crippen molar-refractivity contribution < 1.29 is 4.74 Å². The highest BCUT2D eigenvalue weighted by molar-refractivity contribution is 5.97. The van der Waals surface area contributed by atoms with Crippen LogP contribution in [0.3, 0.4) is 0 Å². The SMILES string of the molecule is COCc1ccc2cccc(-c3ccc([C@@H]4CCCNC4)c(C)c3)c2c1. The molecule has 1 atom stereocenters. The smallest absolute Gasteiger partial charge is 0.0713 e. The maximum Gasteiger partial charge on any atom is 0.0713 e. The van der Waals surface area contributed by atoms with E-state index in [0.29, 0.717) is 12.5 Å². The van der Waals surface area contributed by atoms with E-state index >= 15 is 0 Å². The van der Waals surface area contributed by atoms with Crippen LogP contribution < -0.4 is 5.32 Å². The van der Waals surface area contributed by atoms with Crippen molar-refractivity contribution >= 4 is 10.8 Å². The topological polar surface area (TPSA) is 21.3 Å². The number of rotatable bonds is 4. The molecule has 0 spiro atoms. The Labute approximate surface area is 156 Å². The van der Waals surface area contributed by atoms with E-state index in [1.165, 1.54) is 51.4 Å². The summed E-state index contributed by atoms with van der Waals surface area (Å²) < 4.78 is 5.32. The lowest BCUT2D eigenvalue weighted by atomic mass is 9.86. The fraction of sp³-hybridized carbons (Fsp3) is 0.333. The van der Waals surface area contributed by atoms with Crippen molar-refractivity contribution in [3.8, 4) is 11.1 Å². The highest BCUT2D eigenvalue weighted by atomic mass is 16.5. The van der Waals surface area contributed by atoms with Crippen LogP contribution >= 0.6 is 0 Å². The molecule has 4 rings (SSSR count). The number of hydrogen-bond acceptors (Lipinski definition) is 2. The summed E-state index contributed by atoms with van der Waals surface area (Å²) in [5.74, 6) is 0.652. The summed E-state index contributed by atoms with van der Waals surface area (Å²) in [4.78, 5) is 0. The molecule has 1 aliphatic rings. The Morgan fingerprint density at radius 3 is 2.77 bits per heavy atom. The maximum absolute atomic E-state index is 5.32. The van der Waals surface area contributed by atoms with Crippen molar-refractivity contribution in [3.63, 3.8) is 0 Å². The number of methoxy groups -OCH3 is 1. The fourth-order valence-electron chi connectivity index (χ4n) is 4.25. The molecule has 0 saturated carbocycles. The molecular formula is C24H27NO. The molecule has 1 saturated heterocycles. The van der Waals surface area contributed by atoms with E-state index < -0.39 is 0 Å². The molecule has 3 aromatic rings. The minimum Gasteiger partial charge on any atom is -0.380 e. The standard InChI is InChI=1S/C24H27NO/c1-17-13-20(10-11-22(17)21-6-4-12-25-15-21)23-7-3-5-19-9-8-18(16-26-2)14-24(19)23/h3,5,7-11,13-14,21,25H,4,6,12,15-16H2,1-2H3/t21-/m1/s1. The number of aryl methyl sites for hydroxylation is 1. The fourth-order valence-corrected chi connectivity index (χ4v) is 4.25. The minimum atomic E-state index is 0.650. The van der Waals surface area contributed by atoms with Gasteiger partial charge in [0, 0.05) is 13.7 Å². The summed E-state index contributed by atoms with van der Waals surface area (Å²) in [6.45, 7) is 5.17. The Morgan fingerprint density at radius 2 is 2.00 bits per heavy atom. The third-order valence-corrected chi connectivity index (χ3v) is 5.58. The van der Waals surface area contributed by atoms with Crippen molar-refractivity contribution in [1.29, 1.82) is 0 Å². The lowest BCUT2D eigenvalue weighted by Crippen LogP contribution is -2.28. The molecule has 134 valence electrons. The lowest BCUT2D eigenvalue weighted by Gasteiger charge is -2.25. The van der Waals surface area contributed by atoms with E-state index in [1.54, 1.807) is 7.11 Å². The van der Waals surface area contributed by atoms with Gasteiger partial charge >= 0.3 is 0 Å². The van der Waals surface area contributed by atoms with Crippen molar-refractivity contribution in [2.75, 3.05) is 20.2 Å². The number of piperidine rings is 1. The first kappa shape index (κ1) is 17.3. The second kappa shape index (κ2) is 7.61. The van der Waals surface area contributed by atoms with Crippen LogP contribution in [-0.2, 0) is 11.3 Å². The summed E-state index contributed by atoms with van der Waals surface area (Å²) in [5.41, 5.74) is 6.73. The van der Waals surface area contributed by atoms with Gasteiger partial charge in [0.05, 0.1) is 6.61 Å². The van der Waals surface area contributed by atoms with Crippen LogP contribution in [0.15, 0.2) is 54.6 Å². The first-order valence-electron chi connectivity index (χ1n) is 9.58. The molecule has 0 unspecified atom stereocenters. The zero-order valence-corrected chi connectivity index (χ0v) is 15.7. The van der Waals surface area contributed by atoms with E-state index in [9.17, 15) is 0 Å². The predicted octanol–water partition coefficient (Wildman–Crippen LogP) is 5.43. The van der Waals surface area contributed by atoms with Gasteiger partial charge in [-0.05, 0) is 76.9 Å². The molecule has 1 N–H and O–H groups in total. The second-order valence-corrected chi connectivity index (χ2v) is 7.41. The summed E-state index contributed by atoms with van der Waals surface area (Å²) in [6, 6.07) is 20.2. The van der Waals surface area contributed by atoms with Gasteiger partial charge in [0.2, 0.25) is 0 Å². The van der Waals surface area contributed by atoms with E-state index in [1.807, 2.05) is 0 Å². The minimum absolute atomic E-state index is 0.650. The van der Waals surface area contributed by atoms with Crippen LogP contribution in [0.2, 0.25) is 0 Å². The third kappa shape index (κ3) is 3.40. The molecule has 2 nitrogen and oxygen atoms in total. The maximum atomic E-state index is 5.32. The van der Waals surface area contributed by atoms with Gasteiger partial charge in [0.15, 0.2) is 0 Å². The quantitative estimate of drug-likeness (QED) is 0.681. The molecule has 1 fully saturated rings. The molecule has 0 aromatic heterocycles. The predicted molar refractivity (Wildman–Crippen MR) is 110 cm³/mol. The Hall–Kier alpha value is -2.16. The Balaban J connectivity index is 1.75. The monoisotopic (exact) mass is 345 g/mol. The first-order chi connectivity index (χ1) is 12.8. The van der Waals surface area contributed by atoms with Crippen LogP contribution in [0, 0.1) is 6.92 Å². The molecular weight excluding hydrogens is 318 g/mol. The van der Waals surface area contributed by atoms with Gasteiger partial charge in [-0.15, -0.1) is 0 Å². The number of nitrogens with one attached hydrogen (secondary N) is 1. The van der Waals surface area contributed by atoms with Gasteiger partial charge < -0.3 is 10.1 Å². The molecule has 0 aliphatic carbocycles. The average molecular weight is 345 g/mol. The molecule has 2 heteroatoms. The van der Waals surface area contributed by atoms with Gasteiger partial charge in [-0.2, -0.15) is 0 Å². The van der Waals surface area contributed by atoms with E-state index in [0.717, 1.165) is 13.1 Å². The number of fused-ring (bicyclic) bond motifs is 1. The Morgan fingerprint density at radius 1 is 1.08 bits per heavy atom. The molecule has 0 bridgehead atoms. The van der Waals surface area contributed by atoms with Gasteiger partial charge in [0.1, 0.15) is 0 Å². The first-order valence-corrected chi connectivity index (χ1v) is 9.58. The third-order valence-electron chi connectivity index (χ3n) is 5.58. The average Bonchev–Trinajstić information content (AvgIpc) is 2.68. The normalized spacial score (nSPS) is 17.5. The van der Waals surface area contributed by atoms with Crippen LogP contribution in [-0.4, -0.2) is 20.2 Å². The molecule has 0 radical (unpaired) electrons. The number of ether oxygens (including phenoxy) is 1. The number of hydrogen-bond donors (Lipinski definition) is 1. The Bertz CT molecular complexity index is 909. The van der Waals surface area contributed by atoms with Crippen LogP contribution in [0.4, 0.5) is 0 Å². The van der Waals surface area contributed by atoms with Crippen LogP contribution in [0.1, 0.15) is 35.4 Å². The van der Waals surface area contributed by atoms with Gasteiger partial charge in [-0.3, -0.25) is 0 Å².